The Labute approximate surface area is 162 Å². The number of carbonyl (C=O) groups excluding carboxylic acids is 2. The van der Waals surface area contributed by atoms with Crippen molar-refractivity contribution in [3.05, 3.63) is 29.8 Å². The molecule has 1 atom stereocenters. The minimum atomic E-state index is -4.32. The summed E-state index contributed by atoms with van der Waals surface area (Å²) >= 11 is 0. The lowest BCUT2D eigenvalue weighted by Gasteiger charge is -2.40. The normalized spacial score (nSPS) is 21.5. The van der Waals surface area contributed by atoms with Gasteiger partial charge in [0.25, 0.3) is 0 Å². The van der Waals surface area contributed by atoms with E-state index >= 15 is 0 Å². The molecule has 2 aliphatic rings. The molecular formula is C20H25F3N2O3. The van der Waals surface area contributed by atoms with E-state index in [0.717, 1.165) is 5.56 Å². The van der Waals surface area contributed by atoms with Crippen molar-refractivity contribution in [2.75, 3.05) is 24.5 Å². The Hall–Kier alpha value is -2.25. The van der Waals surface area contributed by atoms with Crippen LogP contribution in [0.5, 0.6) is 0 Å². The van der Waals surface area contributed by atoms with Crippen LogP contribution in [0.2, 0.25) is 0 Å². The summed E-state index contributed by atoms with van der Waals surface area (Å²) in [4.78, 5) is 27.2. The van der Waals surface area contributed by atoms with Gasteiger partial charge in [-0.1, -0.05) is 12.1 Å². The number of amides is 2. The number of nitrogens with zero attached hydrogens (tertiary/aromatic N) is 2. The number of rotatable bonds is 2. The van der Waals surface area contributed by atoms with Crippen LogP contribution in [0.1, 0.15) is 45.1 Å². The van der Waals surface area contributed by atoms with E-state index in [1.807, 2.05) is 32.9 Å². The Balaban J connectivity index is 1.55. The molecule has 2 saturated heterocycles. The highest BCUT2D eigenvalue weighted by Crippen LogP contribution is 2.36. The van der Waals surface area contributed by atoms with Crippen molar-refractivity contribution in [2.45, 2.75) is 51.3 Å². The van der Waals surface area contributed by atoms with Gasteiger partial charge in [0.05, 0.1) is 5.92 Å². The molecule has 0 aromatic heterocycles. The topological polar surface area (TPSA) is 49.9 Å². The Morgan fingerprint density at radius 2 is 1.71 bits per heavy atom. The van der Waals surface area contributed by atoms with Gasteiger partial charge in [-0.25, -0.2) is 4.79 Å². The average Bonchev–Trinajstić information content (AvgIpc) is 2.51. The number of anilines is 1. The summed E-state index contributed by atoms with van der Waals surface area (Å²) in [6.07, 6.45) is -5.24. The lowest BCUT2D eigenvalue weighted by Crippen LogP contribution is -2.50. The maximum Gasteiger partial charge on any atom is 0.410 e. The second-order valence-corrected chi connectivity index (χ2v) is 8.45. The maximum atomic E-state index is 12.8. The van der Waals surface area contributed by atoms with Crippen LogP contribution in [0.25, 0.3) is 0 Å². The molecule has 2 amide bonds. The van der Waals surface area contributed by atoms with E-state index < -0.39 is 30.0 Å². The Kier molecular flexibility index (Phi) is 5.34. The van der Waals surface area contributed by atoms with Crippen molar-refractivity contribution in [2.24, 2.45) is 5.92 Å². The molecule has 28 heavy (non-hydrogen) atoms. The van der Waals surface area contributed by atoms with Crippen LogP contribution in [-0.4, -0.2) is 48.3 Å². The monoisotopic (exact) mass is 398 g/mol. The van der Waals surface area contributed by atoms with Crippen LogP contribution in [0.4, 0.5) is 23.7 Å². The molecule has 0 aliphatic carbocycles. The minimum absolute atomic E-state index is 0.0677. The molecule has 2 aliphatic heterocycles. The molecule has 0 bridgehead atoms. The lowest BCUT2D eigenvalue weighted by molar-refractivity contribution is -0.182. The van der Waals surface area contributed by atoms with E-state index in [1.54, 1.807) is 17.0 Å². The molecule has 0 spiro atoms. The van der Waals surface area contributed by atoms with Gasteiger partial charge in [-0.2, -0.15) is 13.2 Å². The second kappa shape index (κ2) is 7.29. The van der Waals surface area contributed by atoms with Crippen molar-refractivity contribution >= 4 is 17.7 Å². The first kappa shape index (κ1) is 20.5. The summed E-state index contributed by atoms with van der Waals surface area (Å²) in [6.45, 7) is 6.64. The third kappa shape index (κ3) is 4.59. The standard InChI is InChI=1S/C20H25F3N2O3/c1-19(2,3)28-18(27)24-11-14(12-24)13-4-6-16(7-5-13)25-9-8-15(10-17(25)26)20(21,22)23/h4-7,14-15H,8-12H2,1-3H3/t15-/m1/s1. The summed E-state index contributed by atoms with van der Waals surface area (Å²) in [5.41, 5.74) is 1.11. The summed E-state index contributed by atoms with van der Waals surface area (Å²) in [5.74, 6) is -1.86. The number of piperidine rings is 1. The number of benzene rings is 1. The molecule has 0 radical (unpaired) electrons. The molecule has 154 valence electrons. The molecule has 0 saturated carbocycles. The molecule has 2 heterocycles. The van der Waals surface area contributed by atoms with Crippen molar-refractivity contribution in [1.82, 2.24) is 4.90 Å². The summed E-state index contributed by atoms with van der Waals surface area (Å²) in [5, 5.41) is 0. The summed E-state index contributed by atoms with van der Waals surface area (Å²) < 4.78 is 43.7. The molecule has 8 heteroatoms. The summed E-state index contributed by atoms with van der Waals surface area (Å²) in [6, 6.07) is 7.26. The molecule has 3 rings (SSSR count). The van der Waals surface area contributed by atoms with Crippen molar-refractivity contribution in [3.8, 4) is 0 Å². The van der Waals surface area contributed by atoms with Crippen LogP contribution in [0.15, 0.2) is 24.3 Å². The van der Waals surface area contributed by atoms with Crippen LogP contribution in [0.3, 0.4) is 0 Å². The van der Waals surface area contributed by atoms with Gasteiger partial charge >= 0.3 is 12.3 Å². The maximum absolute atomic E-state index is 12.8. The van der Waals surface area contributed by atoms with Gasteiger partial charge in [-0.3, -0.25) is 4.79 Å². The predicted octanol–water partition coefficient (Wildman–Crippen LogP) is 4.33. The zero-order valence-corrected chi connectivity index (χ0v) is 16.3. The molecule has 0 unspecified atom stereocenters. The Morgan fingerprint density at radius 1 is 1.11 bits per heavy atom. The van der Waals surface area contributed by atoms with E-state index in [-0.39, 0.29) is 25.0 Å². The highest BCUT2D eigenvalue weighted by Gasteiger charge is 2.44. The van der Waals surface area contributed by atoms with E-state index in [1.165, 1.54) is 4.90 Å². The predicted molar refractivity (Wildman–Crippen MR) is 98.1 cm³/mol. The quantitative estimate of drug-likeness (QED) is 0.745. The van der Waals surface area contributed by atoms with Gasteiger partial charge in [0, 0.05) is 37.7 Å². The highest BCUT2D eigenvalue weighted by molar-refractivity contribution is 5.94. The fourth-order valence-corrected chi connectivity index (χ4v) is 3.48. The number of likely N-dealkylation sites (tertiary alicyclic amines) is 1. The Morgan fingerprint density at radius 3 is 2.21 bits per heavy atom. The van der Waals surface area contributed by atoms with Crippen LogP contribution in [0, 0.1) is 5.92 Å². The third-order valence-electron chi connectivity index (χ3n) is 5.10. The number of hydrogen-bond acceptors (Lipinski definition) is 3. The number of hydrogen-bond donors (Lipinski definition) is 0. The number of ether oxygens (including phenoxy) is 1. The molecule has 5 nitrogen and oxygen atoms in total. The van der Waals surface area contributed by atoms with Crippen LogP contribution < -0.4 is 4.90 Å². The lowest BCUT2D eigenvalue weighted by atomic mass is 9.91. The molecule has 1 aromatic carbocycles. The first-order chi connectivity index (χ1) is 12.9. The van der Waals surface area contributed by atoms with E-state index in [9.17, 15) is 22.8 Å². The third-order valence-corrected chi connectivity index (χ3v) is 5.10. The fraction of sp³-hybridized carbons (Fsp3) is 0.600. The van der Waals surface area contributed by atoms with Crippen molar-refractivity contribution in [3.63, 3.8) is 0 Å². The highest BCUT2D eigenvalue weighted by atomic mass is 19.4. The molecule has 0 N–H and O–H groups in total. The first-order valence-electron chi connectivity index (χ1n) is 9.39. The van der Waals surface area contributed by atoms with Gasteiger partial charge in [0.1, 0.15) is 5.60 Å². The van der Waals surface area contributed by atoms with E-state index in [0.29, 0.717) is 18.8 Å². The van der Waals surface area contributed by atoms with Crippen LogP contribution in [-0.2, 0) is 9.53 Å². The molecule has 2 fully saturated rings. The van der Waals surface area contributed by atoms with Gasteiger partial charge in [0.15, 0.2) is 0 Å². The van der Waals surface area contributed by atoms with Crippen molar-refractivity contribution in [1.29, 1.82) is 0 Å². The van der Waals surface area contributed by atoms with E-state index in [4.69, 9.17) is 4.74 Å². The van der Waals surface area contributed by atoms with Gasteiger partial charge in [-0.15, -0.1) is 0 Å². The molecular weight excluding hydrogens is 373 g/mol. The van der Waals surface area contributed by atoms with Gasteiger partial charge in [0.2, 0.25) is 5.91 Å². The smallest absolute Gasteiger partial charge is 0.410 e. The van der Waals surface area contributed by atoms with Gasteiger partial charge < -0.3 is 14.5 Å². The largest absolute Gasteiger partial charge is 0.444 e. The number of alkyl halides is 3. The average molecular weight is 398 g/mol. The van der Waals surface area contributed by atoms with Crippen molar-refractivity contribution < 1.29 is 27.5 Å². The SMILES string of the molecule is CC(C)(C)OC(=O)N1CC(c2ccc(N3CC[C@@H](C(F)(F)F)CC3=O)cc2)C1. The minimum Gasteiger partial charge on any atom is -0.444 e. The second-order valence-electron chi connectivity index (χ2n) is 8.45. The first-order valence-corrected chi connectivity index (χ1v) is 9.39. The zero-order valence-electron chi connectivity index (χ0n) is 16.3. The van der Waals surface area contributed by atoms with E-state index in [2.05, 4.69) is 0 Å². The Bertz CT molecular complexity index is 735. The fourth-order valence-electron chi connectivity index (χ4n) is 3.48. The molecule has 1 aromatic rings. The zero-order chi connectivity index (χ0) is 20.7. The number of carbonyl (C=O) groups is 2. The number of halogens is 3. The summed E-state index contributed by atoms with van der Waals surface area (Å²) in [7, 11) is 0. The van der Waals surface area contributed by atoms with Crippen LogP contribution >= 0.6 is 0 Å². The van der Waals surface area contributed by atoms with Gasteiger partial charge in [-0.05, 0) is 44.9 Å².